The molecule has 0 bridgehead atoms. The average molecular weight is 267 g/mol. The monoisotopic (exact) mass is 266 g/mol. The number of carbonyl (C=O) groups is 1. The second kappa shape index (κ2) is 4.65. The van der Waals surface area contributed by atoms with Gasteiger partial charge in [0.15, 0.2) is 4.77 Å². The normalized spacial score (nSPS) is 10.2. The van der Waals surface area contributed by atoms with Crippen molar-refractivity contribution in [2.24, 2.45) is 0 Å². The van der Waals surface area contributed by atoms with Gasteiger partial charge in [-0.05, 0) is 30.4 Å². The zero-order valence-corrected chi connectivity index (χ0v) is 10.0. The highest BCUT2D eigenvalue weighted by Crippen LogP contribution is 2.19. The van der Waals surface area contributed by atoms with Crippen molar-refractivity contribution in [3.8, 4) is 11.3 Å². The molecule has 0 unspecified atom stereocenters. The van der Waals surface area contributed by atoms with Gasteiger partial charge in [-0.25, -0.2) is 9.78 Å². The summed E-state index contributed by atoms with van der Waals surface area (Å²) < 4.78 is 0.134. The number of rotatable bonds is 2. The lowest BCUT2D eigenvalue weighted by molar-refractivity contribution is 0.0690. The first kappa shape index (κ1) is 11.8. The van der Waals surface area contributed by atoms with Gasteiger partial charge in [0, 0.05) is 10.6 Å². The lowest BCUT2D eigenvalue weighted by Crippen LogP contribution is -2.02. The van der Waals surface area contributed by atoms with E-state index in [0.717, 1.165) is 5.56 Å². The predicted octanol–water partition coefficient (Wildman–Crippen LogP) is 3.16. The third-order valence-corrected chi connectivity index (χ3v) is 2.56. The van der Waals surface area contributed by atoms with Gasteiger partial charge in [0.25, 0.3) is 0 Å². The second-order valence-electron chi connectivity index (χ2n) is 3.30. The first-order chi connectivity index (χ1) is 8.06. The summed E-state index contributed by atoms with van der Waals surface area (Å²) in [5.41, 5.74) is 1.27. The third-order valence-electron chi connectivity index (χ3n) is 2.12. The number of benzene rings is 1. The summed E-state index contributed by atoms with van der Waals surface area (Å²) in [5, 5.41) is 9.50. The number of carboxylic acids is 1. The molecule has 1 heterocycles. The van der Waals surface area contributed by atoms with Gasteiger partial charge in [0.2, 0.25) is 0 Å². The molecule has 6 heteroatoms. The van der Waals surface area contributed by atoms with Crippen LogP contribution in [0.25, 0.3) is 11.3 Å². The molecule has 0 aliphatic carbocycles. The summed E-state index contributed by atoms with van der Waals surface area (Å²) in [5.74, 6) is -1.08. The number of hydrogen-bond acceptors (Lipinski definition) is 3. The van der Waals surface area contributed by atoms with E-state index < -0.39 is 5.97 Å². The molecule has 0 saturated heterocycles. The van der Waals surface area contributed by atoms with Crippen molar-refractivity contribution in [3.05, 3.63) is 45.8 Å². The lowest BCUT2D eigenvalue weighted by Gasteiger charge is -2.02. The minimum absolute atomic E-state index is 0.00921. The Balaban J connectivity index is 2.55. The van der Waals surface area contributed by atoms with Crippen LogP contribution in [0.4, 0.5) is 0 Å². The van der Waals surface area contributed by atoms with Gasteiger partial charge in [-0.3, -0.25) is 0 Å². The van der Waals surface area contributed by atoms with Gasteiger partial charge in [-0.1, -0.05) is 23.7 Å². The molecule has 0 radical (unpaired) electrons. The van der Waals surface area contributed by atoms with Crippen LogP contribution in [0.15, 0.2) is 30.3 Å². The highest BCUT2D eigenvalue weighted by Gasteiger charge is 2.07. The number of nitrogens with zero attached hydrogens (tertiary/aromatic N) is 1. The molecular formula is C11H7ClN2O2S. The van der Waals surface area contributed by atoms with E-state index in [4.69, 9.17) is 28.9 Å². The topological polar surface area (TPSA) is 66.0 Å². The first-order valence-electron chi connectivity index (χ1n) is 4.67. The third kappa shape index (κ3) is 2.69. The summed E-state index contributed by atoms with van der Waals surface area (Å²) in [6.07, 6.45) is 0. The molecule has 0 atom stereocenters. The number of aromatic amines is 1. The minimum Gasteiger partial charge on any atom is -0.477 e. The molecule has 17 heavy (non-hydrogen) atoms. The standard InChI is InChI=1S/C11H7ClN2O2S/c12-7-3-1-6(2-4-7)8-5-9(10(15)16)14-11(17)13-8/h1-5H,(H,15,16)(H,13,14,17). The molecule has 0 aliphatic heterocycles. The zero-order chi connectivity index (χ0) is 12.4. The van der Waals surface area contributed by atoms with Gasteiger partial charge >= 0.3 is 5.97 Å². The molecule has 0 saturated carbocycles. The Labute approximate surface area is 107 Å². The Hall–Kier alpha value is -1.72. The summed E-state index contributed by atoms with van der Waals surface area (Å²) in [6, 6.07) is 8.36. The van der Waals surface area contributed by atoms with Crippen LogP contribution >= 0.6 is 23.8 Å². The van der Waals surface area contributed by atoms with Gasteiger partial charge in [-0.15, -0.1) is 0 Å². The molecular weight excluding hydrogens is 260 g/mol. The minimum atomic E-state index is -1.08. The van der Waals surface area contributed by atoms with E-state index in [-0.39, 0.29) is 10.5 Å². The highest BCUT2D eigenvalue weighted by atomic mass is 35.5. The van der Waals surface area contributed by atoms with E-state index in [9.17, 15) is 4.79 Å². The Kier molecular flexibility index (Phi) is 3.21. The number of carboxylic acid groups (broad SMARTS) is 1. The zero-order valence-electron chi connectivity index (χ0n) is 8.48. The summed E-state index contributed by atoms with van der Waals surface area (Å²) in [7, 11) is 0. The number of aromatic carboxylic acids is 1. The largest absolute Gasteiger partial charge is 0.477 e. The van der Waals surface area contributed by atoms with Crippen molar-refractivity contribution >= 4 is 29.8 Å². The molecule has 0 fully saturated rings. The molecule has 86 valence electrons. The molecule has 1 aromatic heterocycles. The van der Waals surface area contributed by atoms with E-state index in [1.807, 2.05) is 0 Å². The van der Waals surface area contributed by atoms with E-state index in [1.165, 1.54) is 6.07 Å². The van der Waals surface area contributed by atoms with Crippen LogP contribution in [0.2, 0.25) is 5.02 Å². The van der Waals surface area contributed by atoms with Crippen LogP contribution in [0.3, 0.4) is 0 Å². The Morgan fingerprint density at radius 2 is 2.00 bits per heavy atom. The molecule has 2 aromatic rings. The van der Waals surface area contributed by atoms with Crippen LogP contribution in [0.5, 0.6) is 0 Å². The summed E-state index contributed by atoms with van der Waals surface area (Å²) in [4.78, 5) is 17.4. The summed E-state index contributed by atoms with van der Waals surface area (Å²) >= 11 is 10.6. The van der Waals surface area contributed by atoms with Crippen molar-refractivity contribution in [1.82, 2.24) is 9.97 Å². The van der Waals surface area contributed by atoms with Crippen molar-refractivity contribution in [2.45, 2.75) is 0 Å². The van der Waals surface area contributed by atoms with Crippen molar-refractivity contribution < 1.29 is 9.90 Å². The van der Waals surface area contributed by atoms with Crippen molar-refractivity contribution in [2.75, 3.05) is 0 Å². The maximum atomic E-state index is 10.9. The number of aromatic nitrogens is 2. The van der Waals surface area contributed by atoms with E-state index in [1.54, 1.807) is 24.3 Å². The first-order valence-corrected chi connectivity index (χ1v) is 5.45. The quantitative estimate of drug-likeness (QED) is 0.820. The van der Waals surface area contributed by atoms with Gasteiger partial charge in [0.1, 0.15) is 5.69 Å². The summed E-state index contributed by atoms with van der Waals surface area (Å²) in [6.45, 7) is 0. The molecule has 0 spiro atoms. The number of H-pyrrole nitrogens is 1. The van der Waals surface area contributed by atoms with Gasteiger partial charge < -0.3 is 10.1 Å². The maximum absolute atomic E-state index is 10.9. The van der Waals surface area contributed by atoms with Crippen LogP contribution in [0.1, 0.15) is 10.5 Å². The smallest absolute Gasteiger partial charge is 0.352 e. The van der Waals surface area contributed by atoms with Crippen LogP contribution < -0.4 is 0 Å². The fraction of sp³-hybridized carbons (Fsp3) is 0. The molecule has 0 amide bonds. The SMILES string of the molecule is O=C(O)c1cc(-c2ccc(Cl)cc2)nc(=S)[nH]1. The second-order valence-corrected chi connectivity index (χ2v) is 4.12. The van der Waals surface area contributed by atoms with Crippen LogP contribution in [-0.2, 0) is 0 Å². The average Bonchev–Trinajstić information content (AvgIpc) is 2.29. The van der Waals surface area contributed by atoms with E-state index in [2.05, 4.69) is 9.97 Å². The van der Waals surface area contributed by atoms with E-state index in [0.29, 0.717) is 10.7 Å². The molecule has 0 aliphatic rings. The maximum Gasteiger partial charge on any atom is 0.352 e. The highest BCUT2D eigenvalue weighted by molar-refractivity contribution is 7.71. The Bertz CT molecular complexity index is 622. The van der Waals surface area contributed by atoms with Crippen molar-refractivity contribution in [1.29, 1.82) is 0 Å². The lowest BCUT2D eigenvalue weighted by atomic mass is 10.1. The molecule has 2 rings (SSSR count). The van der Waals surface area contributed by atoms with Crippen LogP contribution in [0, 0.1) is 4.77 Å². The van der Waals surface area contributed by atoms with Crippen molar-refractivity contribution in [3.63, 3.8) is 0 Å². The molecule has 4 nitrogen and oxygen atoms in total. The van der Waals surface area contributed by atoms with E-state index >= 15 is 0 Å². The fourth-order valence-electron chi connectivity index (χ4n) is 1.34. The Morgan fingerprint density at radius 3 is 2.59 bits per heavy atom. The Morgan fingerprint density at radius 1 is 1.35 bits per heavy atom. The fourth-order valence-corrected chi connectivity index (χ4v) is 1.68. The molecule has 2 N–H and O–H groups in total. The predicted molar refractivity (Wildman–Crippen MR) is 66.8 cm³/mol. The van der Waals surface area contributed by atoms with Crippen LogP contribution in [-0.4, -0.2) is 21.0 Å². The molecule has 1 aromatic carbocycles. The van der Waals surface area contributed by atoms with Gasteiger partial charge in [-0.2, -0.15) is 0 Å². The number of halogens is 1. The van der Waals surface area contributed by atoms with Gasteiger partial charge in [0.05, 0.1) is 5.69 Å². The number of nitrogens with one attached hydrogen (secondary N) is 1. The number of hydrogen-bond donors (Lipinski definition) is 2.